The average Bonchev–Trinajstić information content (AvgIpc) is 3.10. The van der Waals surface area contributed by atoms with Gasteiger partial charge in [-0.2, -0.15) is 0 Å². The number of carbonyl (C=O) groups is 3. The Morgan fingerprint density at radius 2 is 1.62 bits per heavy atom. The van der Waals surface area contributed by atoms with Crippen molar-refractivity contribution in [3.63, 3.8) is 0 Å². The van der Waals surface area contributed by atoms with Gasteiger partial charge >= 0.3 is 18.0 Å². The molecule has 2 aromatic rings. The largest absolute Gasteiger partial charge is 0.480 e. The molecule has 0 spiro atoms. The molecule has 2 unspecified atom stereocenters. The maximum absolute atomic E-state index is 13.1. The van der Waals surface area contributed by atoms with Gasteiger partial charge in [0.05, 0.1) is 0 Å². The van der Waals surface area contributed by atoms with E-state index in [2.05, 4.69) is 0 Å². The van der Waals surface area contributed by atoms with E-state index >= 15 is 0 Å². The highest BCUT2D eigenvalue weighted by Crippen LogP contribution is 2.45. The van der Waals surface area contributed by atoms with Gasteiger partial charge in [-0.3, -0.25) is 14.5 Å². The number of hydrogen-bond acceptors (Lipinski definition) is 6. The number of nitrogens with two attached hydrogens (primary N) is 1. The molecule has 1 saturated heterocycles. The normalized spacial score (nSPS) is 22.0. The first-order chi connectivity index (χ1) is 16.1. The number of likely N-dealkylation sites (tertiary alicyclic amines) is 1. The molecule has 2 atom stereocenters. The van der Waals surface area contributed by atoms with Gasteiger partial charge in [-0.25, -0.2) is 4.79 Å². The summed E-state index contributed by atoms with van der Waals surface area (Å²) in [5.41, 5.74) is 7.63. The molecular weight excluding hydrogens is 436 g/mol. The highest BCUT2D eigenvalue weighted by atomic mass is 16.6. The Hall–Kier alpha value is -3.39. The van der Waals surface area contributed by atoms with Crippen LogP contribution in [0, 0.1) is 5.41 Å². The van der Waals surface area contributed by atoms with Crippen molar-refractivity contribution < 1.29 is 29.0 Å². The van der Waals surface area contributed by atoms with Gasteiger partial charge < -0.3 is 20.3 Å². The number of benzene rings is 2. The van der Waals surface area contributed by atoms with E-state index < -0.39 is 35.2 Å². The van der Waals surface area contributed by atoms with E-state index in [1.54, 1.807) is 20.8 Å². The third-order valence-electron chi connectivity index (χ3n) is 6.53. The lowest BCUT2D eigenvalue weighted by atomic mass is 9.76. The van der Waals surface area contributed by atoms with Crippen LogP contribution in [0.1, 0.15) is 50.7 Å². The van der Waals surface area contributed by atoms with Gasteiger partial charge in [-0.15, -0.1) is 0 Å². The zero-order valence-corrected chi connectivity index (χ0v) is 19.6. The molecule has 4 rings (SSSR count). The summed E-state index contributed by atoms with van der Waals surface area (Å²) in [6, 6.07) is 15.9. The van der Waals surface area contributed by atoms with Crippen molar-refractivity contribution >= 4 is 18.0 Å². The number of rotatable bonds is 4. The lowest BCUT2D eigenvalue weighted by Crippen LogP contribution is -2.66. The van der Waals surface area contributed by atoms with Gasteiger partial charge in [-0.05, 0) is 55.9 Å². The summed E-state index contributed by atoms with van der Waals surface area (Å²) in [7, 11) is 0. The highest BCUT2D eigenvalue weighted by Gasteiger charge is 2.58. The van der Waals surface area contributed by atoms with Crippen molar-refractivity contribution in [1.29, 1.82) is 0 Å². The molecule has 8 nitrogen and oxygen atoms in total. The molecule has 1 fully saturated rings. The molecule has 1 amide bonds. The molecule has 0 radical (unpaired) electrons. The molecule has 0 aromatic heterocycles. The van der Waals surface area contributed by atoms with Gasteiger partial charge in [-0.1, -0.05) is 48.5 Å². The Balaban J connectivity index is 1.54. The predicted molar refractivity (Wildman–Crippen MR) is 125 cm³/mol. The molecule has 2 aromatic carbocycles. The Bertz CT molecular complexity index is 1080. The molecule has 1 aliphatic carbocycles. The Labute approximate surface area is 198 Å². The number of carboxylic acid groups (broad SMARTS) is 1. The van der Waals surface area contributed by atoms with Crippen LogP contribution in [0.2, 0.25) is 0 Å². The summed E-state index contributed by atoms with van der Waals surface area (Å²) >= 11 is 0. The Morgan fingerprint density at radius 1 is 1.06 bits per heavy atom. The molecule has 3 N–H and O–H groups in total. The summed E-state index contributed by atoms with van der Waals surface area (Å²) < 4.78 is 11.0. The molecule has 8 heteroatoms. The third-order valence-corrected chi connectivity index (χ3v) is 6.53. The van der Waals surface area contributed by atoms with E-state index in [1.807, 2.05) is 48.5 Å². The second-order valence-electron chi connectivity index (χ2n) is 9.82. The van der Waals surface area contributed by atoms with E-state index in [4.69, 9.17) is 15.2 Å². The first-order valence-electron chi connectivity index (χ1n) is 11.4. The van der Waals surface area contributed by atoms with Gasteiger partial charge in [0, 0.05) is 12.5 Å². The lowest BCUT2D eigenvalue weighted by molar-refractivity contribution is -0.185. The SMILES string of the molecule is CC(C)(C)OC(=O)C1(C(=O)O)CCCN(C(=O)OCC2c3ccccc3-c3ccccc32)C1N. The number of ether oxygens (including phenoxy) is 2. The predicted octanol–water partition coefficient (Wildman–Crippen LogP) is 3.73. The summed E-state index contributed by atoms with van der Waals surface area (Å²) in [6.45, 7) is 5.21. The monoisotopic (exact) mass is 466 g/mol. The third kappa shape index (κ3) is 4.03. The maximum atomic E-state index is 13.1. The maximum Gasteiger partial charge on any atom is 0.411 e. The summed E-state index contributed by atoms with van der Waals surface area (Å²) in [4.78, 5) is 39.4. The number of amides is 1. The van der Waals surface area contributed by atoms with Crippen LogP contribution < -0.4 is 5.73 Å². The van der Waals surface area contributed by atoms with Crippen LogP contribution in [0.3, 0.4) is 0 Å². The van der Waals surface area contributed by atoms with Crippen LogP contribution in [0.25, 0.3) is 11.1 Å². The Kier molecular flexibility index (Phi) is 6.12. The quantitative estimate of drug-likeness (QED) is 0.520. The standard InChI is InChI=1S/C26H30N2O6/c1-25(2,3)34-23(31)26(22(29)30)13-8-14-28(21(26)27)24(32)33-15-20-18-11-6-4-9-16(18)17-10-5-7-12-19(17)20/h4-7,9-12,20-21H,8,13-15,27H2,1-3H3,(H,29,30). The van der Waals surface area contributed by atoms with Crippen molar-refractivity contribution in [3.05, 3.63) is 59.7 Å². The number of nitrogens with zero attached hydrogens (tertiary/aromatic N) is 1. The highest BCUT2D eigenvalue weighted by molar-refractivity contribution is 6.00. The van der Waals surface area contributed by atoms with Crippen LogP contribution in [0.5, 0.6) is 0 Å². The van der Waals surface area contributed by atoms with Crippen LogP contribution in [0.15, 0.2) is 48.5 Å². The van der Waals surface area contributed by atoms with Crippen LogP contribution in [0.4, 0.5) is 4.79 Å². The Morgan fingerprint density at radius 3 is 2.15 bits per heavy atom. The number of carboxylic acids is 1. The molecule has 180 valence electrons. The minimum atomic E-state index is -2.06. The van der Waals surface area contributed by atoms with Gasteiger partial charge in [0.1, 0.15) is 18.4 Å². The van der Waals surface area contributed by atoms with E-state index in [9.17, 15) is 19.5 Å². The molecule has 34 heavy (non-hydrogen) atoms. The second-order valence-corrected chi connectivity index (χ2v) is 9.82. The van der Waals surface area contributed by atoms with Gasteiger partial charge in [0.25, 0.3) is 0 Å². The molecule has 2 aliphatic rings. The van der Waals surface area contributed by atoms with Crippen LogP contribution in [-0.2, 0) is 19.1 Å². The average molecular weight is 467 g/mol. The van der Waals surface area contributed by atoms with Gasteiger partial charge in [0.15, 0.2) is 5.41 Å². The topological polar surface area (TPSA) is 119 Å². The van der Waals surface area contributed by atoms with E-state index in [-0.39, 0.29) is 31.9 Å². The van der Waals surface area contributed by atoms with E-state index in [1.165, 1.54) is 0 Å². The second kappa shape index (κ2) is 8.76. The van der Waals surface area contributed by atoms with Crippen molar-refractivity contribution in [2.24, 2.45) is 11.1 Å². The minimum Gasteiger partial charge on any atom is -0.480 e. The van der Waals surface area contributed by atoms with Crippen molar-refractivity contribution in [3.8, 4) is 11.1 Å². The van der Waals surface area contributed by atoms with Crippen molar-refractivity contribution in [1.82, 2.24) is 4.90 Å². The fraction of sp³-hybridized carbons (Fsp3) is 0.423. The fourth-order valence-corrected chi connectivity index (χ4v) is 4.88. The number of piperidine rings is 1. The van der Waals surface area contributed by atoms with Crippen molar-refractivity contribution in [2.45, 2.75) is 51.3 Å². The van der Waals surface area contributed by atoms with Crippen LogP contribution in [-0.4, -0.2) is 53.0 Å². The first kappa shape index (κ1) is 23.8. The number of aliphatic carboxylic acids is 1. The molecule has 1 aliphatic heterocycles. The number of fused-ring (bicyclic) bond motifs is 3. The molecular formula is C26H30N2O6. The van der Waals surface area contributed by atoms with E-state index in [0.29, 0.717) is 0 Å². The number of esters is 1. The van der Waals surface area contributed by atoms with Gasteiger partial charge in [0.2, 0.25) is 0 Å². The van der Waals surface area contributed by atoms with Crippen molar-refractivity contribution in [2.75, 3.05) is 13.2 Å². The summed E-state index contributed by atoms with van der Waals surface area (Å²) in [5, 5.41) is 9.99. The number of carbonyl (C=O) groups excluding carboxylic acids is 2. The molecule has 0 bridgehead atoms. The lowest BCUT2D eigenvalue weighted by Gasteiger charge is -2.43. The zero-order valence-electron chi connectivity index (χ0n) is 19.6. The summed E-state index contributed by atoms with van der Waals surface area (Å²) in [5.74, 6) is -2.51. The molecule has 1 heterocycles. The zero-order chi connectivity index (χ0) is 24.7. The van der Waals surface area contributed by atoms with Crippen LogP contribution >= 0.6 is 0 Å². The summed E-state index contributed by atoms with van der Waals surface area (Å²) in [6.07, 6.45) is -1.90. The molecule has 0 saturated carbocycles. The number of hydrogen-bond donors (Lipinski definition) is 2. The first-order valence-corrected chi connectivity index (χ1v) is 11.4. The minimum absolute atomic E-state index is 0.0223. The smallest absolute Gasteiger partial charge is 0.411 e. The van der Waals surface area contributed by atoms with E-state index in [0.717, 1.165) is 27.2 Å². The fourth-order valence-electron chi connectivity index (χ4n) is 4.88.